The zero-order valence-corrected chi connectivity index (χ0v) is 12.0. The van der Waals surface area contributed by atoms with Gasteiger partial charge in [-0.3, -0.25) is 9.67 Å². The third-order valence-electron chi connectivity index (χ3n) is 3.55. The zero-order chi connectivity index (χ0) is 14.7. The molecule has 0 saturated carbocycles. The molecule has 0 amide bonds. The van der Waals surface area contributed by atoms with Gasteiger partial charge in [0.2, 0.25) is 0 Å². The van der Waals surface area contributed by atoms with Gasteiger partial charge >= 0.3 is 0 Å². The molecule has 0 fully saturated rings. The molecule has 2 rings (SSSR count). The van der Waals surface area contributed by atoms with Crippen molar-refractivity contribution in [2.45, 2.75) is 33.5 Å². The van der Waals surface area contributed by atoms with Gasteiger partial charge in [-0.05, 0) is 13.8 Å². The molecule has 6 nitrogen and oxygen atoms in total. The largest absolute Gasteiger partial charge is 0.506 e. The van der Waals surface area contributed by atoms with E-state index in [4.69, 9.17) is 0 Å². The van der Waals surface area contributed by atoms with Gasteiger partial charge in [0.25, 0.3) is 0 Å². The highest BCUT2D eigenvalue weighted by Crippen LogP contribution is 2.23. The van der Waals surface area contributed by atoms with E-state index < -0.39 is 0 Å². The summed E-state index contributed by atoms with van der Waals surface area (Å²) < 4.78 is 1.82. The number of nitrogens with one attached hydrogen (secondary N) is 1. The monoisotopic (exact) mass is 276 g/mol. The highest BCUT2D eigenvalue weighted by Gasteiger charge is 2.11. The molecule has 0 radical (unpaired) electrons. The first-order valence-electron chi connectivity index (χ1n) is 6.50. The highest BCUT2D eigenvalue weighted by molar-refractivity contribution is 5.40. The predicted molar refractivity (Wildman–Crippen MR) is 75.1 cm³/mol. The normalized spacial score (nSPS) is 11.0. The summed E-state index contributed by atoms with van der Waals surface area (Å²) in [6, 6.07) is 0. The summed E-state index contributed by atoms with van der Waals surface area (Å²) in [5.41, 5.74) is 4.12. The number of aliphatic hydroxyl groups is 1. The van der Waals surface area contributed by atoms with E-state index in [1.807, 2.05) is 24.9 Å². The van der Waals surface area contributed by atoms with E-state index in [1.54, 1.807) is 13.1 Å². The quantitative estimate of drug-likeness (QED) is 0.756. The summed E-state index contributed by atoms with van der Waals surface area (Å²) in [5.74, 6) is 0.145. The van der Waals surface area contributed by atoms with Crippen molar-refractivity contribution >= 4 is 0 Å². The Bertz CT molecular complexity index is 607. The van der Waals surface area contributed by atoms with Crippen molar-refractivity contribution in [3.05, 3.63) is 40.5 Å². The average Bonchev–Trinajstić information content (AvgIpc) is 2.75. The van der Waals surface area contributed by atoms with Crippen molar-refractivity contribution in [2.24, 2.45) is 7.05 Å². The van der Waals surface area contributed by atoms with E-state index in [-0.39, 0.29) is 12.4 Å². The van der Waals surface area contributed by atoms with Crippen LogP contribution in [0.4, 0.5) is 0 Å². The molecule has 0 spiro atoms. The van der Waals surface area contributed by atoms with E-state index in [9.17, 15) is 10.2 Å². The lowest BCUT2D eigenvalue weighted by Crippen LogP contribution is -2.15. The van der Waals surface area contributed by atoms with Crippen LogP contribution in [0, 0.1) is 13.8 Å². The number of aryl methyl sites for hydroxylation is 2. The summed E-state index contributed by atoms with van der Waals surface area (Å²) in [6.45, 7) is 4.75. The molecule has 0 saturated heterocycles. The van der Waals surface area contributed by atoms with E-state index in [1.165, 1.54) is 0 Å². The van der Waals surface area contributed by atoms with Crippen LogP contribution < -0.4 is 5.32 Å². The van der Waals surface area contributed by atoms with Gasteiger partial charge < -0.3 is 15.5 Å². The van der Waals surface area contributed by atoms with Gasteiger partial charge in [0, 0.05) is 48.7 Å². The van der Waals surface area contributed by atoms with Gasteiger partial charge in [-0.25, -0.2) is 0 Å². The SMILES string of the molecule is Cc1ncc(CO)c(CNCc2cnn(C)c2C)c1O. The Kier molecular flexibility index (Phi) is 4.36. The first-order valence-corrected chi connectivity index (χ1v) is 6.50. The second-order valence-electron chi connectivity index (χ2n) is 4.84. The van der Waals surface area contributed by atoms with E-state index in [2.05, 4.69) is 15.4 Å². The standard InChI is InChI=1S/C14H20N4O2/c1-9-14(20)13(12(8-19)5-16-9)7-15-4-11-6-17-18(3)10(11)2/h5-6,15,19-20H,4,7-8H2,1-3H3. The minimum atomic E-state index is -0.135. The van der Waals surface area contributed by atoms with Crippen molar-refractivity contribution in [1.82, 2.24) is 20.1 Å². The summed E-state index contributed by atoms with van der Waals surface area (Å²) in [4.78, 5) is 4.04. The molecule has 20 heavy (non-hydrogen) atoms. The van der Waals surface area contributed by atoms with Crippen molar-refractivity contribution in [3.63, 3.8) is 0 Å². The van der Waals surface area contributed by atoms with Crippen LogP contribution in [0.5, 0.6) is 5.75 Å². The predicted octanol–water partition coefficient (Wildman–Crippen LogP) is 0.920. The molecule has 0 aliphatic carbocycles. The molecule has 108 valence electrons. The molecule has 6 heteroatoms. The molecule has 0 aliphatic heterocycles. The summed E-state index contributed by atoms with van der Waals surface area (Å²) in [7, 11) is 1.90. The van der Waals surface area contributed by atoms with E-state index in [0.29, 0.717) is 29.9 Å². The molecule has 0 aliphatic rings. The Balaban J connectivity index is 2.08. The smallest absolute Gasteiger partial charge is 0.141 e. The van der Waals surface area contributed by atoms with Crippen LogP contribution in [0.3, 0.4) is 0 Å². The first-order chi connectivity index (χ1) is 9.54. The van der Waals surface area contributed by atoms with Gasteiger partial charge in [-0.1, -0.05) is 0 Å². The number of nitrogens with zero attached hydrogens (tertiary/aromatic N) is 3. The number of rotatable bonds is 5. The van der Waals surface area contributed by atoms with Crippen molar-refractivity contribution in [1.29, 1.82) is 0 Å². The summed E-state index contributed by atoms with van der Waals surface area (Å²) in [6.07, 6.45) is 3.42. The van der Waals surface area contributed by atoms with Gasteiger partial charge in [0.1, 0.15) is 5.75 Å². The second-order valence-corrected chi connectivity index (χ2v) is 4.84. The lowest BCUT2D eigenvalue weighted by molar-refractivity contribution is 0.278. The fourth-order valence-corrected chi connectivity index (χ4v) is 2.06. The number of pyridine rings is 1. The molecule has 2 aromatic heterocycles. The molecule has 0 unspecified atom stereocenters. The third-order valence-corrected chi connectivity index (χ3v) is 3.55. The lowest BCUT2D eigenvalue weighted by atomic mass is 10.1. The summed E-state index contributed by atoms with van der Waals surface area (Å²) >= 11 is 0. The maximum absolute atomic E-state index is 10.0. The van der Waals surface area contributed by atoms with Crippen LogP contribution in [0.15, 0.2) is 12.4 Å². The minimum absolute atomic E-state index is 0.135. The van der Waals surface area contributed by atoms with Crippen molar-refractivity contribution < 1.29 is 10.2 Å². The van der Waals surface area contributed by atoms with Crippen LogP contribution in [0.25, 0.3) is 0 Å². The number of aliphatic hydroxyl groups excluding tert-OH is 1. The molecule has 0 bridgehead atoms. The van der Waals surface area contributed by atoms with Gasteiger partial charge in [0.15, 0.2) is 0 Å². The van der Waals surface area contributed by atoms with Crippen LogP contribution in [0.1, 0.15) is 28.1 Å². The fourth-order valence-electron chi connectivity index (χ4n) is 2.06. The Morgan fingerprint density at radius 2 is 1.95 bits per heavy atom. The molecular weight excluding hydrogens is 256 g/mol. The Hall–Kier alpha value is -1.92. The Labute approximate surface area is 118 Å². The van der Waals surface area contributed by atoms with Crippen LogP contribution in [0.2, 0.25) is 0 Å². The number of hydrogen-bond donors (Lipinski definition) is 3. The lowest BCUT2D eigenvalue weighted by Gasteiger charge is -2.12. The molecular formula is C14H20N4O2. The maximum atomic E-state index is 10.0. The van der Waals surface area contributed by atoms with Gasteiger partial charge in [-0.15, -0.1) is 0 Å². The maximum Gasteiger partial charge on any atom is 0.141 e. The highest BCUT2D eigenvalue weighted by atomic mass is 16.3. The Morgan fingerprint density at radius 3 is 2.55 bits per heavy atom. The zero-order valence-electron chi connectivity index (χ0n) is 12.0. The number of aromatic hydroxyl groups is 1. The number of hydrogen-bond acceptors (Lipinski definition) is 5. The summed E-state index contributed by atoms with van der Waals surface area (Å²) in [5, 5.41) is 26.8. The topological polar surface area (TPSA) is 83.2 Å². The molecule has 2 heterocycles. The van der Waals surface area contributed by atoms with Crippen LogP contribution in [-0.2, 0) is 26.7 Å². The fraction of sp³-hybridized carbons (Fsp3) is 0.429. The van der Waals surface area contributed by atoms with Crippen LogP contribution in [-0.4, -0.2) is 25.0 Å². The average molecular weight is 276 g/mol. The third kappa shape index (κ3) is 2.81. The first kappa shape index (κ1) is 14.5. The van der Waals surface area contributed by atoms with Gasteiger partial charge in [0.05, 0.1) is 18.5 Å². The second kappa shape index (κ2) is 6.02. The number of aromatic nitrogens is 3. The van der Waals surface area contributed by atoms with Crippen molar-refractivity contribution in [3.8, 4) is 5.75 Å². The molecule has 2 aromatic rings. The van der Waals surface area contributed by atoms with Gasteiger partial charge in [-0.2, -0.15) is 5.10 Å². The minimum Gasteiger partial charge on any atom is -0.506 e. The Morgan fingerprint density at radius 1 is 1.20 bits per heavy atom. The molecule has 3 N–H and O–H groups in total. The molecule has 0 atom stereocenters. The molecule has 0 aromatic carbocycles. The van der Waals surface area contributed by atoms with Crippen molar-refractivity contribution in [2.75, 3.05) is 0 Å². The van der Waals surface area contributed by atoms with E-state index in [0.717, 1.165) is 11.3 Å². The van der Waals surface area contributed by atoms with Crippen LogP contribution >= 0.6 is 0 Å². The van der Waals surface area contributed by atoms with E-state index >= 15 is 0 Å².